The molecular formula is C45H80NO9P. The molecule has 3 N–H and O–H groups in total. The predicted molar refractivity (Wildman–Crippen MR) is 228 cm³/mol. The molecule has 10 nitrogen and oxygen atoms in total. The summed E-state index contributed by atoms with van der Waals surface area (Å²) in [6, 6.07) is 0. The summed E-state index contributed by atoms with van der Waals surface area (Å²) in [6.07, 6.45) is 44.6. The summed E-state index contributed by atoms with van der Waals surface area (Å²) < 4.78 is 38.5. The summed E-state index contributed by atoms with van der Waals surface area (Å²) in [7, 11) is -4.40. The maximum Gasteiger partial charge on any atom is 0.472 e. The molecule has 4 atom stereocenters. The Balaban J connectivity index is 2.21. The molecule has 0 amide bonds. The SMILES string of the molecule is CCCCC/C=C\CC1OC1C/C=C\C/C=C\CCCC(=O)O[C@H](COC(=O)CCCCCCCCC/C=C\CCCCCCCC)COP(=O)(O)OCCN. The highest BCUT2D eigenvalue weighted by atomic mass is 31.2. The normalized spacial score (nSPS) is 17.4. The van der Waals surface area contributed by atoms with Crippen molar-refractivity contribution in [2.24, 2.45) is 5.73 Å². The van der Waals surface area contributed by atoms with Crippen molar-refractivity contribution in [3.63, 3.8) is 0 Å². The lowest BCUT2D eigenvalue weighted by Gasteiger charge is -2.19. The van der Waals surface area contributed by atoms with Gasteiger partial charge in [0.15, 0.2) is 6.10 Å². The van der Waals surface area contributed by atoms with Gasteiger partial charge in [-0.1, -0.05) is 140 Å². The Morgan fingerprint density at radius 3 is 1.75 bits per heavy atom. The third-order valence-electron chi connectivity index (χ3n) is 9.59. The van der Waals surface area contributed by atoms with Gasteiger partial charge in [-0.05, 0) is 77.0 Å². The quantitative estimate of drug-likeness (QED) is 0.0201. The van der Waals surface area contributed by atoms with Gasteiger partial charge in [0.25, 0.3) is 0 Å². The highest BCUT2D eigenvalue weighted by Crippen LogP contribution is 2.43. The molecule has 1 fully saturated rings. The van der Waals surface area contributed by atoms with Gasteiger partial charge >= 0.3 is 19.8 Å². The number of epoxide rings is 1. The fourth-order valence-electron chi connectivity index (χ4n) is 6.13. The van der Waals surface area contributed by atoms with Crippen molar-refractivity contribution in [1.29, 1.82) is 0 Å². The van der Waals surface area contributed by atoms with E-state index in [1.807, 2.05) is 6.08 Å². The number of phosphoric acid groups is 1. The van der Waals surface area contributed by atoms with Crippen molar-refractivity contribution in [2.45, 2.75) is 199 Å². The minimum Gasteiger partial charge on any atom is -0.462 e. The first-order chi connectivity index (χ1) is 27.3. The van der Waals surface area contributed by atoms with Gasteiger partial charge in [-0.2, -0.15) is 0 Å². The summed E-state index contributed by atoms with van der Waals surface area (Å²) in [4.78, 5) is 34.9. The Bertz CT molecular complexity index is 1120. The zero-order valence-electron chi connectivity index (χ0n) is 35.3. The summed E-state index contributed by atoms with van der Waals surface area (Å²) in [5, 5.41) is 0. The molecule has 0 aromatic rings. The van der Waals surface area contributed by atoms with E-state index >= 15 is 0 Å². The lowest BCUT2D eigenvalue weighted by Crippen LogP contribution is -2.29. The van der Waals surface area contributed by atoms with E-state index in [-0.39, 0.29) is 32.6 Å². The van der Waals surface area contributed by atoms with Crippen LogP contribution in [-0.4, -0.2) is 61.5 Å². The molecule has 324 valence electrons. The molecule has 0 saturated carbocycles. The van der Waals surface area contributed by atoms with E-state index in [1.54, 1.807) is 0 Å². The van der Waals surface area contributed by atoms with E-state index in [1.165, 1.54) is 83.5 Å². The van der Waals surface area contributed by atoms with Gasteiger partial charge in [0.2, 0.25) is 0 Å². The van der Waals surface area contributed by atoms with Crippen molar-refractivity contribution in [2.75, 3.05) is 26.4 Å². The van der Waals surface area contributed by atoms with Gasteiger partial charge in [0.1, 0.15) is 6.61 Å². The summed E-state index contributed by atoms with van der Waals surface area (Å²) >= 11 is 0. The number of rotatable bonds is 40. The standard InChI is InChI=1S/C45H80NO9P/c1-3-5-7-9-11-12-13-14-15-16-17-18-19-20-23-27-31-35-44(47)51-39-41(40-53-56(49,50)52-38-37-46)54-45(48)36-32-28-24-21-22-26-30-34-43-42(55-43)33-29-25-10-8-6-4-2/h14-15,21,24-26,29-30,41-43H,3-13,16-20,22-23,27-28,31-40,46H2,1-2H3,(H,49,50)/b15-14-,24-21-,29-25-,30-26-/t41-,42?,43?/m1/s1. The van der Waals surface area contributed by atoms with Gasteiger partial charge in [-0.25, -0.2) is 4.57 Å². The van der Waals surface area contributed by atoms with Crippen LogP contribution in [0, 0.1) is 0 Å². The number of unbranched alkanes of at least 4 members (excludes halogenated alkanes) is 17. The molecule has 11 heteroatoms. The van der Waals surface area contributed by atoms with E-state index in [0.29, 0.717) is 25.0 Å². The second-order valence-electron chi connectivity index (χ2n) is 14.9. The lowest BCUT2D eigenvalue weighted by molar-refractivity contribution is -0.161. The highest BCUT2D eigenvalue weighted by molar-refractivity contribution is 7.47. The fourth-order valence-corrected chi connectivity index (χ4v) is 6.90. The van der Waals surface area contributed by atoms with E-state index in [0.717, 1.165) is 57.8 Å². The van der Waals surface area contributed by atoms with Gasteiger partial charge in [-0.3, -0.25) is 18.6 Å². The first kappa shape index (κ1) is 51.9. The van der Waals surface area contributed by atoms with Crippen molar-refractivity contribution in [3.8, 4) is 0 Å². The largest absolute Gasteiger partial charge is 0.472 e. The average Bonchev–Trinajstić information content (AvgIpc) is 3.94. The maximum absolute atomic E-state index is 12.6. The number of hydrogen-bond acceptors (Lipinski definition) is 9. The van der Waals surface area contributed by atoms with Crippen molar-refractivity contribution in [1.82, 2.24) is 0 Å². The van der Waals surface area contributed by atoms with Crippen LogP contribution < -0.4 is 5.73 Å². The molecule has 56 heavy (non-hydrogen) atoms. The monoisotopic (exact) mass is 810 g/mol. The number of allylic oxidation sites excluding steroid dienone is 6. The first-order valence-electron chi connectivity index (χ1n) is 22.2. The molecule has 0 spiro atoms. The molecule has 3 unspecified atom stereocenters. The van der Waals surface area contributed by atoms with Gasteiger partial charge < -0.3 is 24.8 Å². The molecule has 1 heterocycles. The van der Waals surface area contributed by atoms with E-state index in [2.05, 4.69) is 56.4 Å². The smallest absolute Gasteiger partial charge is 0.462 e. The molecule has 1 aliphatic rings. The molecule has 0 aliphatic carbocycles. The Kier molecular flexibility index (Phi) is 34.5. The maximum atomic E-state index is 12.6. The predicted octanol–water partition coefficient (Wildman–Crippen LogP) is 11.7. The van der Waals surface area contributed by atoms with E-state index in [4.69, 9.17) is 29.0 Å². The van der Waals surface area contributed by atoms with Crippen LogP contribution in [0.25, 0.3) is 0 Å². The molecular weight excluding hydrogens is 729 g/mol. The second-order valence-corrected chi connectivity index (χ2v) is 16.4. The summed E-state index contributed by atoms with van der Waals surface area (Å²) in [5.41, 5.74) is 5.35. The zero-order chi connectivity index (χ0) is 40.8. The Labute approximate surface area is 341 Å². The zero-order valence-corrected chi connectivity index (χ0v) is 36.2. The van der Waals surface area contributed by atoms with Gasteiger partial charge in [0.05, 0.1) is 25.4 Å². The molecule has 0 bridgehead atoms. The molecule has 1 aliphatic heterocycles. The molecule has 1 saturated heterocycles. The van der Waals surface area contributed by atoms with Crippen molar-refractivity contribution < 1.29 is 42.3 Å². The summed E-state index contributed by atoms with van der Waals surface area (Å²) in [5.74, 6) is -0.906. The minimum atomic E-state index is -4.40. The first-order valence-corrected chi connectivity index (χ1v) is 23.7. The molecule has 1 rings (SSSR count). The molecule has 0 aromatic heterocycles. The number of hydrogen-bond donors (Lipinski definition) is 2. The van der Waals surface area contributed by atoms with Crippen LogP contribution in [0.4, 0.5) is 0 Å². The Morgan fingerprint density at radius 2 is 1.11 bits per heavy atom. The van der Waals surface area contributed by atoms with Crippen LogP contribution in [-0.2, 0) is 37.4 Å². The number of carbonyl (C=O) groups excluding carboxylic acids is 2. The van der Waals surface area contributed by atoms with E-state index in [9.17, 15) is 19.0 Å². The Hall–Kier alpha value is -2.07. The summed E-state index contributed by atoms with van der Waals surface area (Å²) in [6.45, 7) is 3.62. The van der Waals surface area contributed by atoms with Crippen molar-refractivity contribution >= 4 is 19.8 Å². The van der Waals surface area contributed by atoms with Gasteiger partial charge in [-0.15, -0.1) is 0 Å². The van der Waals surface area contributed by atoms with Crippen molar-refractivity contribution in [3.05, 3.63) is 48.6 Å². The molecule has 0 aromatic carbocycles. The second kappa shape index (κ2) is 37.2. The lowest BCUT2D eigenvalue weighted by atomic mass is 10.1. The number of phosphoric ester groups is 1. The van der Waals surface area contributed by atoms with Crippen LogP contribution in [0.1, 0.15) is 181 Å². The number of carbonyl (C=O) groups is 2. The number of nitrogens with two attached hydrogens (primary N) is 1. The highest BCUT2D eigenvalue weighted by Gasteiger charge is 2.36. The third-order valence-corrected chi connectivity index (χ3v) is 10.6. The van der Waals surface area contributed by atoms with Crippen LogP contribution in [0.2, 0.25) is 0 Å². The Morgan fingerprint density at radius 1 is 0.625 bits per heavy atom. The van der Waals surface area contributed by atoms with Crippen LogP contribution in [0.15, 0.2) is 48.6 Å². The average molecular weight is 810 g/mol. The molecule has 0 radical (unpaired) electrons. The number of ether oxygens (including phenoxy) is 3. The van der Waals surface area contributed by atoms with Crippen LogP contribution in [0.3, 0.4) is 0 Å². The third kappa shape index (κ3) is 34.0. The van der Waals surface area contributed by atoms with Gasteiger partial charge in [0, 0.05) is 19.4 Å². The van der Waals surface area contributed by atoms with Crippen LogP contribution >= 0.6 is 7.82 Å². The fraction of sp³-hybridized carbons (Fsp3) is 0.778. The topological polar surface area (TPSA) is 147 Å². The minimum absolute atomic E-state index is 0.0406. The number of esters is 2. The van der Waals surface area contributed by atoms with E-state index < -0.39 is 32.5 Å². The van der Waals surface area contributed by atoms with Crippen LogP contribution in [0.5, 0.6) is 0 Å².